The second-order valence-corrected chi connectivity index (χ2v) is 5.93. The Bertz CT molecular complexity index is 407. The number of hydrogen-bond acceptors (Lipinski definition) is 2. The predicted molar refractivity (Wildman–Crippen MR) is 76.4 cm³/mol. The zero-order chi connectivity index (χ0) is 13.1. The van der Waals surface area contributed by atoms with Crippen LogP contribution in [0.25, 0.3) is 0 Å². The Labute approximate surface area is 112 Å². The van der Waals surface area contributed by atoms with E-state index < -0.39 is 0 Å². The summed E-state index contributed by atoms with van der Waals surface area (Å²) in [5, 5.41) is 0. The lowest BCUT2D eigenvalue weighted by atomic mass is 9.96. The third kappa shape index (κ3) is 4.92. The molecule has 2 nitrogen and oxygen atoms in total. The SMILES string of the molecule is C=C(C)COc1cccc(CC(C)(C)N)c1Br. The van der Waals surface area contributed by atoms with Crippen LogP contribution in [0.4, 0.5) is 0 Å². The molecule has 0 spiro atoms. The third-order valence-electron chi connectivity index (χ3n) is 2.16. The zero-order valence-corrected chi connectivity index (χ0v) is 12.3. The largest absolute Gasteiger partial charge is 0.488 e. The van der Waals surface area contributed by atoms with Crippen molar-refractivity contribution in [2.45, 2.75) is 32.7 Å². The van der Waals surface area contributed by atoms with Crippen molar-refractivity contribution in [2.75, 3.05) is 6.61 Å². The molecular weight excluding hydrogens is 278 g/mol. The molecule has 0 amide bonds. The molecule has 1 aromatic rings. The van der Waals surface area contributed by atoms with Gasteiger partial charge in [-0.1, -0.05) is 18.7 Å². The maximum absolute atomic E-state index is 6.03. The Morgan fingerprint density at radius 1 is 1.47 bits per heavy atom. The molecule has 0 atom stereocenters. The average Bonchev–Trinajstić information content (AvgIpc) is 2.17. The first-order valence-electron chi connectivity index (χ1n) is 5.63. The van der Waals surface area contributed by atoms with Crippen molar-refractivity contribution in [3.8, 4) is 5.75 Å². The van der Waals surface area contributed by atoms with E-state index in [4.69, 9.17) is 10.5 Å². The fourth-order valence-electron chi connectivity index (χ4n) is 1.50. The van der Waals surface area contributed by atoms with Crippen molar-refractivity contribution in [3.05, 3.63) is 40.4 Å². The molecule has 1 aromatic carbocycles. The number of hydrogen-bond donors (Lipinski definition) is 1. The summed E-state index contributed by atoms with van der Waals surface area (Å²) in [5.41, 5.74) is 7.97. The number of benzene rings is 1. The fraction of sp³-hybridized carbons (Fsp3) is 0.429. The molecule has 0 unspecified atom stereocenters. The van der Waals surface area contributed by atoms with Gasteiger partial charge in [-0.2, -0.15) is 0 Å². The Morgan fingerprint density at radius 2 is 2.12 bits per heavy atom. The van der Waals surface area contributed by atoms with Gasteiger partial charge in [0.25, 0.3) is 0 Å². The maximum Gasteiger partial charge on any atom is 0.134 e. The van der Waals surface area contributed by atoms with Crippen LogP contribution in [0, 0.1) is 0 Å². The van der Waals surface area contributed by atoms with E-state index in [1.54, 1.807) is 0 Å². The minimum Gasteiger partial charge on any atom is -0.488 e. The summed E-state index contributed by atoms with van der Waals surface area (Å²) in [7, 11) is 0. The van der Waals surface area contributed by atoms with Crippen molar-refractivity contribution < 1.29 is 4.74 Å². The van der Waals surface area contributed by atoms with E-state index in [1.807, 2.05) is 32.9 Å². The quantitative estimate of drug-likeness (QED) is 0.842. The van der Waals surface area contributed by atoms with E-state index in [-0.39, 0.29) is 5.54 Å². The molecule has 94 valence electrons. The van der Waals surface area contributed by atoms with Gasteiger partial charge >= 0.3 is 0 Å². The van der Waals surface area contributed by atoms with Crippen LogP contribution >= 0.6 is 15.9 Å². The van der Waals surface area contributed by atoms with Crippen LogP contribution in [-0.2, 0) is 6.42 Å². The van der Waals surface area contributed by atoms with E-state index >= 15 is 0 Å². The molecule has 0 heterocycles. The molecule has 0 fully saturated rings. The number of nitrogens with two attached hydrogens (primary N) is 1. The van der Waals surface area contributed by atoms with E-state index in [0.717, 1.165) is 27.8 Å². The summed E-state index contributed by atoms with van der Waals surface area (Å²) in [4.78, 5) is 0. The van der Waals surface area contributed by atoms with Gasteiger partial charge in [0.15, 0.2) is 0 Å². The van der Waals surface area contributed by atoms with Crippen molar-refractivity contribution >= 4 is 15.9 Å². The van der Waals surface area contributed by atoms with Crippen LogP contribution in [0.15, 0.2) is 34.8 Å². The van der Waals surface area contributed by atoms with Gasteiger partial charge in [0.05, 0.1) is 4.47 Å². The summed E-state index contributed by atoms with van der Waals surface area (Å²) in [6.45, 7) is 10.3. The Morgan fingerprint density at radius 3 is 2.65 bits per heavy atom. The topological polar surface area (TPSA) is 35.2 Å². The summed E-state index contributed by atoms with van der Waals surface area (Å²) in [5.74, 6) is 0.842. The first kappa shape index (κ1) is 14.3. The van der Waals surface area contributed by atoms with Gasteiger partial charge in [-0.15, -0.1) is 0 Å². The smallest absolute Gasteiger partial charge is 0.134 e. The van der Waals surface area contributed by atoms with Gasteiger partial charge < -0.3 is 10.5 Å². The fourth-order valence-corrected chi connectivity index (χ4v) is 2.02. The van der Waals surface area contributed by atoms with Crippen molar-refractivity contribution in [2.24, 2.45) is 5.73 Å². The molecule has 0 aromatic heterocycles. The molecule has 0 saturated heterocycles. The van der Waals surface area contributed by atoms with Gasteiger partial charge in [0.2, 0.25) is 0 Å². The lowest BCUT2D eigenvalue weighted by molar-refractivity contribution is 0.349. The highest BCUT2D eigenvalue weighted by molar-refractivity contribution is 9.10. The lowest BCUT2D eigenvalue weighted by Crippen LogP contribution is -2.34. The standard InChI is InChI=1S/C14H20BrNO/c1-10(2)9-17-12-7-5-6-11(13(12)15)8-14(3,4)16/h5-7H,1,8-9,16H2,2-4H3. The summed E-state index contributed by atoms with van der Waals surface area (Å²) < 4.78 is 6.65. The highest BCUT2D eigenvalue weighted by Crippen LogP contribution is 2.30. The maximum atomic E-state index is 6.03. The van der Waals surface area contributed by atoms with Gasteiger partial charge in [0.1, 0.15) is 12.4 Å². The van der Waals surface area contributed by atoms with E-state index in [0.29, 0.717) is 6.61 Å². The monoisotopic (exact) mass is 297 g/mol. The molecule has 0 saturated carbocycles. The highest BCUT2D eigenvalue weighted by Gasteiger charge is 2.15. The first-order valence-corrected chi connectivity index (χ1v) is 6.42. The van der Waals surface area contributed by atoms with Gasteiger partial charge in [0, 0.05) is 5.54 Å². The van der Waals surface area contributed by atoms with Gasteiger partial charge in [-0.25, -0.2) is 0 Å². The van der Waals surface area contributed by atoms with E-state index in [1.165, 1.54) is 0 Å². The second kappa shape index (κ2) is 5.69. The normalized spacial score (nSPS) is 11.4. The minimum absolute atomic E-state index is 0.227. The van der Waals surface area contributed by atoms with Crippen molar-refractivity contribution in [3.63, 3.8) is 0 Å². The van der Waals surface area contributed by atoms with Crippen LogP contribution in [0.5, 0.6) is 5.75 Å². The molecule has 0 aliphatic heterocycles. The van der Waals surface area contributed by atoms with E-state index in [2.05, 4.69) is 28.6 Å². The Hall–Kier alpha value is -0.800. The molecule has 3 heteroatoms. The predicted octanol–water partition coefficient (Wildman–Crippen LogP) is 3.68. The highest BCUT2D eigenvalue weighted by atomic mass is 79.9. The van der Waals surface area contributed by atoms with E-state index in [9.17, 15) is 0 Å². The van der Waals surface area contributed by atoms with Crippen molar-refractivity contribution in [1.82, 2.24) is 0 Å². The molecule has 17 heavy (non-hydrogen) atoms. The second-order valence-electron chi connectivity index (χ2n) is 5.14. The Kier molecular flexibility index (Phi) is 4.78. The summed E-state index contributed by atoms with van der Waals surface area (Å²) in [6.07, 6.45) is 0.803. The number of ether oxygens (including phenoxy) is 1. The molecule has 0 aliphatic carbocycles. The molecular formula is C14H20BrNO. The zero-order valence-electron chi connectivity index (χ0n) is 10.7. The van der Waals surface area contributed by atoms with Crippen LogP contribution < -0.4 is 10.5 Å². The molecule has 0 radical (unpaired) electrons. The van der Waals surface area contributed by atoms with Crippen LogP contribution in [-0.4, -0.2) is 12.1 Å². The third-order valence-corrected chi connectivity index (χ3v) is 3.06. The molecule has 1 rings (SSSR count). The summed E-state index contributed by atoms with van der Waals surface area (Å²) >= 11 is 3.57. The summed E-state index contributed by atoms with van der Waals surface area (Å²) in [6, 6.07) is 5.99. The molecule has 0 aliphatic rings. The first-order chi connectivity index (χ1) is 7.79. The van der Waals surface area contributed by atoms with Crippen molar-refractivity contribution in [1.29, 1.82) is 0 Å². The average molecular weight is 298 g/mol. The number of halogens is 1. The van der Waals surface area contributed by atoms with Gasteiger partial charge in [-0.3, -0.25) is 0 Å². The molecule has 0 bridgehead atoms. The molecule has 2 N–H and O–H groups in total. The lowest BCUT2D eigenvalue weighted by Gasteiger charge is -2.20. The minimum atomic E-state index is -0.227. The van der Waals surface area contributed by atoms with Crippen LogP contribution in [0.2, 0.25) is 0 Å². The van der Waals surface area contributed by atoms with Gasteiger partial charge in [-0.05, 0) is 60.3 Å². The van der Waals surface area contributed by atoms with Crippen LogP contribution in [0.1, 0.15) is 26.3 Å². The number of rotatable bonds is 5. The van der Waals surface area contributed by atoms with Crippen LogP contribution in [0.3, 0.4) is 0 Å². The Balaban J connectivity index is 2.87.